The first kappa shape index (κ1) is 14.6. The third-order valence-corrected chi connectivity index (χ3v) is 8.30. The first-order valence-corrected chi connectivity index (χ1v) is 9.50. The quantitative estimate of drug-likeness (QED) is 0.573. The van der Waals surface area contributed by atoms with Gasteiger partial charge in [-0.15, -0.1) is 0 Å². The standard InChI is InChI=1S/C14H26O2Si/c1-14(2,3)17(4,5)16-11-10-12-6-8-13(15)9-7-12/h12-13,15H,6-9H2,1-5H3. The Morgan fingerprint density at radius 2 is 1.65 bits per heavy atom. The van der Waals surface area contributed by atoms with Gasteiger partial charge in [-0.1, -0.05) is 26.7 Å². The zero-order valence-corrected chi connectivity index (χ0v) is 12.8. The Kier molecular flexibility index (Phi) is 4.68. The zero-order valence-electron chi connectivity index (χ0n) is 11.8. The lowest BCUT2D eigenvalue weighted by Gasteiger charge is -2.33. The van der Waals surface area contributed by atoms with Crippen LogP contribution in [0.1, 0.15) is 46.5 Å². The van der Waals surface area contributed by atoms with E-state index in [1.165, 1.54) is 0 Å². The molecule has 0 aromatic heterocycles. The molecule has 0 aromatic rings. The van der Waals surface area contributed by atoms with Crippen LogP contribution in [0.25, 0.3) is 0 Å². The van der Waals surface area contributed by atoms with Crippen molar-refractivity contribution in [1.29, 1.82) is 0 Å². The second kappa shape index (κ2) is 5.45. The van der Waals surface area contributed by atoms with Gasteiger partial charge in [0.2, 0.25) is 0 Å². The Morgan fingerprint density at radius 1 is 1.12 bits per heavy atom. The lowest BCUT2D eigenvalue weighted by molar-refractivity contribution is 0.119. The highest BCUT2D eigenvalue weighted by Gasteiger charge is 2.38. The van der Waals surface area contributed by atoms with Crippen LogP contribution in [0.15, 0.2) is 0 Å². The van der Waals surface area contributed by atoms with Gasteiger partial charge in [0, 0.05) is 5.92 Å². The van der Waals surface area contributed by atoms with Crippen molar-refractivity contribution in [3.05, 3.63) is 0 Å². The zero-order chi connectivity index (χ0) is 13.1. The van der Waals surface area contributed by atoms with E-state index in [0.717, 1.165) is 25.7 Å². The Morgan fingerprint density at radius 3 is 2.12 bits per heavy atom. The number of aliphatic hydroxyl groups excluding tert-OH is 1. The molecule has 1 N–H and O–H groups in total. The van der Waals surface area contributed by atoms with Crippen molar-refractivity contribution in [2.75, 3.05) is 0 Å². The third-order valence-electron chi connectivity index (χ3n) is 4.07. The predicted octanol–water partition coefficient (Wildman–Crippen LogP) is 3.52. The van der Waals surface area contributed by atoms with Crippen molar-refractivity contribution in [1.82, 2.24) is 0 Å². The maximum Gasteiger partial charge on any atom is 0.264 e. The highest BCUT2D eigenvalue weighted by molar-refractivity contribution is 6.74. The van der Waals surface area contributed by atoms with E-state index in [0.29, 0.717) is 5.92 Å². The summed E-state index contributed by atoms with van der Waals surface area (Å²) in [6, 6.07) is 0. The molecule has 0 aromatic carbocycles. The molecular weight excluding hydrogens is 228 g/mol. The van der Waals surface area contributed by atoms with Crippen molar-refractivity contribution < 1.29 is 9.53 Å². The largest absolute Gasteiger partial charge is 0.500 e. The summed E-state index contributed by atoms with van der Waals surface area (Å²) in [7, 11) is -1.73. The fourth-order valence-electron chi connectivity index (χ4n) is 1.61. The number of rotatable bonds is 1. The van der Waals surface area contributed by atoms with Crippen LogP contribution in [-0.4, -0.2) is 19.5 Å². The normalized spacial score (nSPS) is 26.0. The van der Waals surface area contributed by atoms with Crippen LogP contribution in [0.4, 0.5) is 0 Å². The molecular formula is C14H26O2Si. The lowest BCUT2D eigenvalue weighted by atomic mass is 9.88. The Balaban J connectivity index is 2.46. The highest BCUT2D eigenvalue weighted by atomic mass is 28.4. The maximum atomic E-state index is 9.42. The van der Waals surface area contributed by atoms with Gasteiger partial charge >= 0.3 is 0 Å². The van der Waals surface area contributed by atoms with Crippen LogP contribution >= 0.6 is 0 Å². The Hall–Kier alpha value is -0.463. The molecule has 0 heterocycles. The molecule has 1 aliphatic carbocycles. The van der Waals surface area contributed by atoms with E-state index in [1.54, 1.807) is 0 Å². The minimum atomic E-state index is -1.73. The molecule has 0 amide bonds. The summed E-state index contributed by atoms with van der Waals surface area (Å²) < 4.78 is 5.84. The fraction of sp³-hybridized carbons (Fsp3) is 0.857. The summed E-state index contributed by atoms with van der Waals surface area (Å²) >= 11 is 0. The van der Waals surface area contributed by atoms with Gasteiger partial charge in [0.1, 0.15) is 0 Å². The second-order valence-corrected chi connectivity index (χ2v) is 11.3. The van der Waals surface area contributed by atoms with Crippen LogP contribution in [0.3, 0.4) is 0 Å². The van der Waals surface area contributed by atoms with E-state index < -0.39 is 8.32 Å². The Labute approximate surface area is 107 Å². The summed E-state index contributed by atoms with van der Waals surface area (Å²) in [5.74, 6) is 3.64. The molecule has 0 spiro atoms. The number of aliphatic hydroxyl groups is 1. The van der Waals surface area contributed by atoms with Crippen LogP contribution in [0.2, 0.25) is 18.1 Å². The predicted molar refractivity (Wildman–Crippen MR) is 74.0 cm³/mol. The molecule has 0 radical (unpaired) electrons. The van der Waals surface area contributed by atoms with Gasteiger partial charge in [-0.3, -0.25) is 0 Å². The minimum absolute atomic E-state index is 0.102. The van der Waals surface area contributed by atoms with E-state index in [2.05, 4.69) is 45.9 Å². The maximum absolute atomic E-state index is 9.42. The van der Waals surface area contributed by atoms with Gasteiger partial charge in [-0.2, -0.15) is 0 Å². The first-order valence-electron chi connectivity index (χ1n) is 6.59. The smallest absolute Gasteiger partial charge is 0.264 e. The van der Waals surface area contributed by atoms with Gasteiger partial charge in [0.15, 0.2) is 0 Å². The Bertz CT molecular complexity index is 298. The fourth-order valence-corrected chi connectivity index (χ4v) is 2.23. The number of hydrogen-bond donors (Lipinski definition) is 1. The summed E-state index contributed by atoms with van der Waals surface area (Å²) in [4.78, 5) is 0. The van der Waals surface area contributed by atoms with Crippen LogP contribution in [0.5, 0.6) is 0 Å². The van der Waals surface area contributed by atoms with Crippen LogP contribution < -0.4 is 0 Å². The van der Waals surface area contributed by atoms with Gasteiger partial charge in [0.25, 0.3) is 8.32 Å². The van der Waals surface area contributed by atoms with Crippen molar-refractivity contribution >= 4 is 8.32 Å². The summed E-state index contributed by atoms with van der Waals surface area (Å²) in [6.45, 7) is 11.1. The van der Waals surface area contributed by atoms with E-state index in [1.807, 2.05) is 0 Å². The van der Waals surface area contributed by atoms with Crippen molar-refractivity contribution in [3.63, 3.8) is 0 Å². The number of hydrogen-bond acceptors (Lipinski definition) is 2. The molecule has 0 bridgehead atoms. The lowest BCUT2D eigenvalue weighted by Crippen LogP contribution is -2.39. The minimum Gasteiger partial charge on any atom is -0.500 e. The SMILES string of the molecule is CC(C)(C)[Si](C)(C)OC#CC1CCC(O)CC1. The average molecular weight is 254 g/mol. The molecule has 0 saturated heterocycles. The van der Waals surface area contributed by atoms with E-state index in [9.17, 15) is 5.11 Å². The molecule has 0 unspecified atom stereocenters. The topological polar surface area (TPSA) is 29.5 Å². The summed E-state index contributed by atoms with van der Waals surface area (Å²) in [5, 5.41) is 9.63. The molecule has 0 aliphatic heterocycles. The summed E-state index contributed by atoms with van der Waals surface area (Å²) in [6.07, 6.45) is 6.64. The molecule has 98 valence electrons. The monoisotopic (exact) mass is 254 g/mol. The van der Waals surface area contributed by atoms with Crippen molar-refractivity contribution in [3.8, 4) is 12.0 Å². The molecule has 17 heavy (non-hydrogen) atoms. The van der Waals surface area contributed by atoms with Gasteiger partial charge in [-0.25, -0.2) is 0 Å². The van der Waals surface area contributed by atoms with Crippen molar-refractivity contribution in [2.45, 2.75) is 70.7 Å². The van der Waals surface area contributed by atoms with Gasteiger partial charge < -0.3 is 9.53 Å². The molecule has 0 atom stereocenters. The molecule has 2 nitrogen and oxygen atoms in total. The van der Waals surface area contributed by atoms with Crippen LogP contribution in [-0.2, 0) is 4.43 Å². The van der Waals surface area contributed by atoms with Gasteiger partial charge in [-0.05, 0) is 43.8 Å². The molecule has 3 heteroatoms. The molecule has 1 saturated carbocycles. The second-order valence-electron chi connectivity index (χ2n) is 6.61. The van der Waals surface area contributed by atoms with Crippen LogP contribution in [0, 0.1) is 17.9 Å². The van der Waals surface area contributed by atoms with E-state index in [4.69, 9.17) is 4.43 Å². The van der Waals surface area contributed by atoms with Gasteiger partial charge in [0.05, 0.1) is 12.2 Å². The third kappa shape index (κ3) is 4.37. The molecule has 1 aliphatic rings. The van der Waals surface area contributed by atoms with E-state index >= 15 is 0 Å². The van der Waals surface area contributed by atoms with Crippen molar-refractivity contribution in [2.24, 2.45) is 5.92 Å². The summed E-state index contributed by atoms with van der Waals surface area (Å²) in [5.41, 5.74) is 0. The van der Waals surface area contributed by atoms with E-state index in [-0.39, 0.29) is 11.1 Å². The molecule has 1 rings (SSSR count). The molecule has 1 fully saturated rings. The first-order chi connectivity index (χ1) is 7.72. The average Bonchev–Trinajstić information content (AvgIpc) is 2.19. The highest BCUT2D eigenvalue weighted by Crippen LogP contribution is 2.36.